The minimum absolute atomic E-state index is 0.651. The van der Waals surface area contributed by atoms with Crippen molar-refractivity contribution in [3.05, 3.63) is 0 Å². The summed E-state index contributed by atoms with van der Waals surface area (Å²) in [5.41, 5.74) is 0. The fourth-order valence-electron chi connectivity index (χ4n) is 1.16. The molecule has 0 unspecified atom stereocenters. The van der Waals surface area contributed by atoms with E-state index >= 15 is 0 Å². The van der Waals surface area contributed by atoms with E-state index in [2.05, 4.69) is 9.47 Å². The van der Waals surface area contributed by atoms with E-state index in [1.807, 2.05) is 0 Å². The van der Waals surface area contributed by atoms with Crippen LogP contribution in [0.5, 0.6) is 0 Å². The largest absolute Gasteiger partial charge is 0.743 e. The lowest BCUT2D eigenvalue weighted by molar-refractivity contribution is -0.175. The van der Waals surface area contributed by atoms with Gasteiger partial charge in [-0.2, -0.15) is 26.3 Å². The van der Waals surface area contributed by atoms with Gasteiger partial charge in [0.05, 0.1) is 25.0 Å². The maximum absolute atomic E-state index is 12.8. The van der Waals surface area contributed by atoms with Crippen LogP contribution in [-0.4, -0.2) is 67.0 Å². The molecule has 0 fully saturated rings. The molecule has 0 atom stereocenters. The molecule has 0 radical (unpaired) electrons. The molecule has 0 aromatic heterocycles. The summed E-state index contributed by atoms with van der Waals surface area (Å²) >= 11 is 0. The summed E-state index contributed by atoms with van der Waals surface area (Å²) in [6, 6.07) is 0. The average molecular weight is 512 g/mol. The van der Waals surface area contributed by atoms with Crippen molar-refractivity contribution in [2.75, 3.05) is 6.61 Å². The fourth-order valence-corrected chi connectivity index (χ4v) is 1.88. The van der Waals surface area contributed by atoms with Crippen molar-refractivity contribution >= 4 is 32.2 Å². The summed E-state index contributed by atoms with van der Waals surface area (Å²) in [6.07, 6.45) is -2.68. The van der Waals surface area contributed by atoms with Crippen LogP contribution < -0.4 is 0 Å². The highest BCUT2D eigenvalue weighted by Gasteiger charge is 2.61. The lowest BCUT2D eigenvalue weighted by Gasteiger charge is -2.28. The summed E-state index contributed by atoms with van der Waals surface area (Å²) in [5, 5.41) is -10.8. The highest BCUT2D eigenvalue weighted by atomic mass is 32.2. The molecule has 18 heteroatoms. The summed E-state index contributed by atoms with van der Waals surface area (Å²) in [6.45, 7) is 4.14. The minimum atomic E-state index is -6.50. The normalized spacial score (nSPS) is 13.5. The van der Waals surface area contributed by atoms with Crippen LogP contribution in [0.15, 0.2) is 0 Å². The predicted molar refractivity (Wildman–Crippen MR) is 85.9 cm³/mol. The number of carbonyl (C=O) groups excluding carboxylic acids is 2. The van der Waals surface area contributed by atoms with Gasteiger partial charge in [-0.05, 0) is 13.8 Å². The van der Waals surface area contributed by atoms with Crippen LogP contribution in [0.4, 0.5) is 26.3 Å². The van der Waals surface area contributed by atoms with E-state index in [1.165, 1.54) is 27.7 Å². The number of alkyl halides is 6. The smallest absolute Gasteiger partial charge is 0.428 e. The van der Waals surface area contributed by atoms with Gasteiger partial charge in [-0.1, -0.05) is 13.8 Å². The molecule has 0 N–H and O–H groups in total. The molecule has 0 saturated heterocycles. The molecular formula is C13H18F6O10S2-2. The minimum Gasteiger partial charge on any atom is -0.743 e. The number of hydrogen-bond donors (Lipinski definition) is 0. The van der Waals surface area contributed by atoms with Gasteiger partial charge in [-0.3, -0.25) is 4.79 Å². The Hall–Kier alpha value is -1.66. The lowest BCUT2D eigenvalue weighted by Crippen LogP contribution is -2.47. The maximum atomic E-state index is 12.8. The predicted octanol–water partition coefficient (Wildman–Crippen LogP) is 1.43. The maximum Gasteiger partial charge on any atom is 0.428 e. The molecule has 31 heavy (non-hydrogen) atoms. The molecule has 0 heterocycles. The monoisotopic (exact) mass is 512 g/mol. The Kier molecular flexibility index (Phi) is 11.0. The molecule has 0 spiro atoms. The first-order chi connectivity index (χ1) is 13.4. The Morgan fingerprint density at radius 3 is 1.58 bits per heavy atom. The SMILES string of the molecule is CC(C)C(=O)OCCC(F)(F)C(F)(F)S(=O)(=O)[O-].CC(C)OC(=O)C(F)(F)S(=O)(=O)[O-]. The summed E-state index contributed by atoms with van der Waals surface area (Å²) < 4.78 is 143. The van der Waals surface area contributed by atoms with Gasteiger partial charge in [0, 0.05) is 0 Å². The van der Waals surface area contributed by atoms with Gasteiger partial charge in [0.25, 0.3) is 0 Å². The number of hydrogen-bond acceptors (Lipinski definition) is 10. The fraction of sp³-hybridized carbons (Fsp3) is 0.846. The third kappa shape index (κ3) is 9.16. The topological polar surface area (TPSA) is 167 Å². The zero-order chi connectivity index (χ0) is 25.6. The van der Waals surface area contributed by atoms with E-state index in [4.69, 9.17) is 0 Å². The van der Waals surface area contributed by atoms with Crippen LogP contribution >= 0.6 is 0 Å². The van der Waals surface area contributed by atoms with Crippen molar-refractivity contribution in [2.24, 2.45) is 5.92 Å². The zero-order valence-corrected chi connectivity index (χ0v) is 17.9. The molecule has 0 amide bonds. The van der Waals surface area contributed by atoms with Crippen LogP contribution in [0.1, 0.15) is 34.1 Å². The summed E-state index contributed by atoms with van der Waals surface area (Å²) in [5.74, 6) is -9.01. The summed E-state index contributed by atoms with van der Waals surface area (Å²) in [4.78, 5) is 21.2. The number of carbonyl (C=O) groups is 2. The average Bonchev–Trinajstić information content (AvgIpc) is 2.51. The lowest BCUT2D eigenvalue weighted by atomic mass is 10.2. The standard InChI is InChI=1S/C8H12F4O5S.C5H8F2O5S/c1-5(2)6(13)17-4-3-7(9,10)8(11,12)18(14,15)16;1-3(2)12-4(8)5(6,7)13(9,10)11/h5H,3-4H2,1-2H3,(H,14,15,16);3H,1-2H3,(H,9,10,11)/p-2. The number of rotatable bonds is 9. The van der Waals surface area contributed by atoms with Gasteiger partial charge in [0.2, 0.25) is 0 Å². The Balaban J connectivity index is 0. The second-order valence-corrected chi connectivity index (χ2v) is 9.01. The van der Waals surface area contributed by atoms with E-state index in [0.29, 0.717) is 0 Å². The van der Waals surface area contributed by atoms with Gasteiger partial charge in [-0.25, -0.2) is 21.6 Å². The van der Waals surface area contributed by atoms with E-state index in [0.717, 1.165) is 0 Å². The molecular weight excluding hydrogens is 494 g/mol. The van der Waals surface area contributed by atoms with E-state index in [1.54, 1.807) is 0 Å². The second kappa shape index (κ2) is 10.8. The van der Waals surface area contributed by atoms with Gasteiger partial charge < -0.3 is 18.6 Å². The quantitative estimate of drug-likeness (QED) is 0.250. The molecule has 0 aromatic carbocycles. The molecule has 0 saturated carbocycles. The first kappa shape index (κ1) is 31.5. The third-order valence-electron chi connectivity index (χ3n) is 2.77. The van der Waals surface area contributed by atoms with Crippen LogP contribution in [0, 0.1) is 5.92 Å². The first-order valence-corrected chi connectivity index (χ1v) is 10.7. The molecule has 0 aliphatic heterocycles. The Morgan fingerprint density at radius 1 is 0.871 bits per heavy atom. The highest BCUT2D eigenvalue weighted by molar-refractivity contribution is 7.87. The van der Waals surface area contributed by atoms with Crippen molar-refractivity contribution < 1.29 is 71.3 Å². The number of ether oxygens (including phenoxy) is 2. The molecule has 186 valence electrons. The second-order valence-electron chi connectivity index (χ2n) is 6.17. The van der Waals surface area contributed by atoms with Crippen molar-refractivity contribution in [3.63, 3.8) is 0 Å². The molecule has 0 aliphatic rings. The van der Waals surface area contributed by atoms with Gasteiger partial charge in [0.1, 0.15) is 0 Å². The van der Waals surface area contributed by atoms with Crippen molar-refractivity contribution in [1.29, 1.82) is 0 Å². The van der Waals surface area contributed by atoms with Crippen molar-refractivity contribution in [1.82, 2.24) is 0 Å². The molecule has 10 nitrogen and oxygen atoms in total. The Bertz CT molecular complexity index is 837. The van der Waals surface area contributed by atoms with Gasteiger partial charge in [0.15, 0.2) is 20.2 Å². The summed E-state index contributed by atoms with van der Waals surface area (Å²) in [7, 11) is -12.5. The molecule has 0 aliphatic carbocycles. The van der Waals surface area contributed by atoms with Crippen molar-refractivity contribution in [3.8, 4) is 0 Å². The van der Waals surface area contributed by atoms with Crippen LogP contribution in [0.2, 0.25) is 0 Å². The van der Waals surface area contributed by atoms with Gasteiger partial charge >= 0.3 is 28.4 Å². The number of esters is 2. The first-order valence-electron chi connectivity index (χ1n) is 7.83. The van der Waals surface area contributed by atoms with E-state index < -0.39 is 73.7 Å². The highest BCUT2D eigenvalue weighted by Crippen LogP contribution is 2.40. The third-order valence-corrected chi connectivity index (χ3v) is 4.49. The Labute approximate surface area is 173 Å². The van der Waals surface area contributed by atoms with Crippen molar-refractivity contribution in [2.45, 2.75) is 56.7 Å². The van der Waals surface area contributed by atoms with Crippen LogP contribution in [-0.2, 0) is 39.3 Å². The zero-order valence-electron chi connectivity index (χ0n) is 16.2. The Morgan fingerprint density at radius 2 is 1.29 bits per heavy atom. The van der Waals surface area contributed by atoms with E-state index in [9.17, 15) is 61.9 Å². The van der Waals surface area contributed by atoms with E-state index in [-0.39, 0.29) is 0 Å². The molecule has 0 bridgehead atoms. The van der Waals surface area contributed by atoms with Crippen LogP contribution in [0.3, 0.4) is 0 Å². The molecule has 0 rings (SSSR count). The van der Waals surface area contributed by atoms with Crippen LogP contribution in [0.25, 0.3) is 0 Å². The number of halogens is 6. The van der Waals surface area contributed by atoms with Gasteiger partial charge in [-0.15, -0.1) is 0 Å². The molecule has 0 aromatic rings.